The van der Waals surface area contributed by atoms with E-state index in [1.54, 1.807) is 12.1 Å². The number of hydrogen-bond acceptors (Lipinski definition) is 6. The number of esters is 1. The van der Waals surface area contributed by atoms with Crippen molar-refractivity contribution in [1.29, 1.82) is 0 Å². The van der Waals surface area contributed by atoms with Gasteiger partial charge in [-0.15, -0.1) is 0 Å². The van der Waals surface area contributed by atoms with Crippen LogP contribution in [0.15, 0.2) is 44.7 Å². The molecule has 10 heteroatoms. The maximum Gasteiger partial charge on any atom is 0.332 e. The number of rotatable bonds is 6. The second-order valence-corrected chi connectivity index (χ2v) is 6.69. The molecule has 27 heavy (non-hydrogen) atoms. The summed E-state index contributed by atoms with van der Waals surface area (Å²) in [6.07, 6.45) is 1.34. The van der Waals surface area contributed by atoms with Gasteiger partial charge >= 0.3 is 11.7 Å². The highest BCUT2D eigenvalue weighted by molar-refractivity contribution is 9.10. The number of carbonyl (C=O) groups is 1. The van der Waals surface area contributed by atoms with Crippen LogP contribution in [0.2, 0.25) is 0 Å². The van der Waals surface area contributed by atoms with E-state index in [2.05, 4.69) is 20.9 Å². The first kappa shape index (κ1) is 18.9. The number of benzene rings is 1. The lowest BCUT2D eigenvalue weighted by molar-refractivity contribution is -0.145. The van der Waals surface area contributed by atoms with Crippen molar-refractivity contribution < 1.29 is 14.3 Å². The maximum absolute atomic E-state index is 12.3. The molecule has 0 aliphatic rings. The molecule has 9 nitrogen and oxygen atoms in total. The van der Waals surface area contributed by atoms with Crippen LogP contribution in [-0.4, -0.2) is 37.9 Å². The van der Waals surface area contributed by atoms with Crippen LogP contribution in [0.1, 0.15) is 0 Å². The monoisotopic (exact) mass is 436 g/mol. The Morgan fingerprint density at radius 1 is 1.11 bits per heavy atom. The van der Waals surface area contributed by atoms with Crippen LogP contribution in [-0.2, 0) is 30.2 Å². The summed E-state index contributed by atoms with van der Waals surface area (Å²) in [6, 6.07) is 7.28. The minimum atomic E-state index is -0.537. The van der Waals surface area contributed by atoms with Crippen LogP contribution in [0, 0.1) is 0 Å². The lowest BCUT2D eigenvalue weighted by Crippen LogP contribution is -2.37. The Labute approximate surface area is 161 Å². The topological polar surface area (TPSA) is 97.3 Å². The van der Waals surface area contributed by atoms with Gasteiger partial charge in [0.05, 0.1) is 6.33 Å². The normalized spacial score (nSPS) is 10.9. The summed E-state index contributed by atoms with van der Waals surface area (Å²) >= 11 is 3.33. The number of fused-ring (bicyclic) bond motifs is 1. The molecule has 2 heterocycles. The van der Waals surface area contributed by atoms with Gasteiger partial charge in [-0.25, -0.2) is 9.78 Å². The fraction of sp³-hybridized carbons (Fsp3) is 0.294. The van der Waals surface area contributed by atoms with E-state index in [1.165, 1.54) is 29.6 Å². The van der Waals surface area contributed by atoms with Gasteiger partial charge in [0, 0.05) is 18.6 Å². The van der Waals surface area contributed by atoms with E-state index in [1.807, 2.05) is 12.1 Å². The predicted octanol–water partition coefficient (Wildman–Crippen LogP) is 0.818. The first-order valence-corrected chi connectivity index (χ1v) is 8.82. The number of nitrogens with zero attached hydrogens (tertiary/aromatic N) is 4. The summed E-state index contributed by atoms with van der Waals surface area (Å²) in [7, 11) is 2.89. The van der Waals surface area contributed by atoms with Crippen molar-refractivity contribution in [2.24, 2.45) is 14.1 Å². The number of imidazole rings is 1. The van der Waals surface area contributed by atoms with Crippen molar-refractivity contribution in [2.45, 2.75) is 6.54 Å². The third kappa shape index (κ3) is 3.95. The largest absolute Gasteiger partial charge is 0.490 e. The lowest BCUT2D eigenvalue weighted by atomic mass is 10.3. The minimum absolute atomic E-state index is 0.0675. The molecule has 0 atom stereocenters. The van der Waals surface area contributed by atoms with E-state index in [-0.39, 0.29) is 30.9 Å². The molecule has 0 N–H and O–H groups in total. The van der Waals surface area contributed by atoms with Gasteiger partial charge < -0.3 is 14.0 Å². The molecule has 0 saturated heterocycles. The van der Waals surface area contributed by atoms with Gasteiger partial charge in [-0.1, -0.05) is 15.9 Å². The van der Waals surface area contributed by atoms with E-state index < -0.39 is 17.2 Å². The third-order valence-electron chi connectivity index (χ3n) is 3.95. The summed E-state index contributed by atoms with van der Waals surface area (Å²) in [4.78, 5) is 40.3. The Morgan fingerprint density at radius 2 is 1.81 bits per heavy atom. The van der Waals surface area contributed by atoms with Crippen LogP contribution < -0.4 is 16.0 Å². The van der Waals surface area contributed by atoms with Crippen LogP contribution in [0.3, 0.4) is 0 Å². The van der Waals surface area contributed by atoms with Crippen LogP contribution in [0.4, 0.5) is 0 Å². The Morgan fingerprint density at radius 3 is 2.52 bits per heavy atom. The molecule has 0 bridgehead atoms. The average Bonchev–Trinajstić information content (AvgIpc) is 3.07. The van der Waals surface area contributed by atoms with Crippen molar-refractivity contribution in [3.8, 4) is 5.75 Å². The number of aromatic nitrogens is 4. The van der Waals surface area contributed by atoms with Crippen LogP contribution in [0.25, 0.3) is 11.2 Å². The summed E-state index contributed by atoms with van der Waals surface area (Å²) in [5.74, 6) is 0.129. The van der Waals surface area contributed by atoms with Gasteiger partial charge in [-0.2, -0.15) is 0 Å². The quantitative estimate of drug-likeness (QED) is 0.419. The molecule has 1 aromatic carbocycles. The fourth-order valence-corrected chi connectivity index (χ4v) is 2.81. The van der Waals surface area contributed by atoms with Gasteiger partial charge in [0.1, 0.15) is 25.5 Å². The van der Waals surface area contributed by atoms with E-state index in [0.29, 0.717) is 5.75 Å². The third-order valence-corrected chi connectivity index (χ3v) is 4.47. The fourth-order valence-electron chi connectivity index (χ4n) is 2.55. The highest BCUT2D eigenvalue weighted by atomic mass is 79.9. The van der Waals surface area contributed by atoms with Gasteiger partial charge in [-0.3, -0.25) is 18.7 Å². The van der Waals surface area contributed by atoms with E-state index >= 15 is 0 Å². The van der Waals surface area contributed by atoms with Crippen molar-refractivity contribution in [3.05, 3.63) is 55.9 Å². The first-order valence-electron chi connectivity index (χ1n) is 8.03. The summed E-state index contributed by atoms with van der Waals surface area (Å²) in [5, 5.41) is 0. The molecule has 0 radical (unpaired) electrons. The lowest BCUT2D eigenvalue weighted by Gasteiger charge is -2.09. The molecule has 0 saturated carbocycles. The Hall–Kier alpha value is -2.88. The van der Waals surface area contributed by atoms with Crippen molar-refractivity contribution in [1.82, 2.24) is 18.7 Å². The summed E-state index contributed by atoms with van der Waals surface area (Å²) in [6.45, 7) is 0.0779. The van der Waals surface area contributed by atoms with Gasteiger partial charge in [0.2, 0.25) is 0 Å². The molecular formula is C17H17BrN4O5. The zero-order chi connectivity index (χ0) is 19.6. The van der Waals surface area contributed by atoms with E-state index in [4.69, 9.17) is 9.47 Å². The molecule has 0 fully saturated rings. The molecule has 3 rings (SSSR count). The van der Waals surface area contributed by atoms with Crippen molar-refractivity contribution in [2.75, 3.05) is 13.2 Å². The van der Waals surface area contributed by atoms with Gasteiger partial charge in [0.25, 0.3) is 5.56 Å². The number of hydrogen-bond donors (Lipinski definition) is 0. The SMILES string of the molecule is Cn1c(=O)c2c(ncn2CC(=O)OCCOc2ccc(Br)cc2)n(C)c1=O. The second-order valence-electron chi connectivity index (χ2n) is 5.77. The van der Waals surface area contributed by atoms with Crippen molar-refractivity contribution in [3.63, 3.8) is 0 Å². The number of carbonyl (C=O) groups excluding carboxylic acids is 1. The number of halogens is 1. The van der Waals surface area contributed by atoms with E-state index in [9.17, 15) is 14.4 Å². The van der Waals surface area contributed by atoms with Crippen LogP contribution >= 0.6 is 15.9 Å². The summed E-state index contributed by atoms with van der Waals surface area (Å²) < 4.78 is 15.1. The van der Waals surface area contributed by atoms with Crippen molar-refractivity contribution >= 4 is 33.1 Å². The smallest absolute Gasteiger partial charge is 0.332 e. The van der Waals surface area contributed by atoms with Crippen LogP contribution in [0.5, 0.6) is 5.75 Å². The zero-order valence-electron chi connectivity index (χ0n) is 14.7. The highest BCUT2D eigenvalue weighted by Gasteiger charge is 2.16. The minimum Gasteiger partial charge on any atom is -0.490 e. The molecule has 0 aliphatic carbocycles. The molecule has 0 amide bonds. The molecule has 0 unspecified atom stereocenters. The predicted molar refractivity (Wildman–Crippen MR) is 101 cm³/mol. The Balaban J connectivity index is 1.62. The summed E-state index contributed by atoms with van der Waals surface area (Å²) in [5.41, 5.74) is -0.612. The molecule has 3 aromatic rings. The maximum atomic E-state index is 12.3. The standard InChI is InChI=1S/C17H17BrN4O5/c1-20-15-14(16(24)21(2)17(20)25)22(10-19-15)9-13(23)27-8-7-26-12-5-3-11(18)4-6-12/h3-6,10H,7-9H2,1-2H3. The van der Waals surface area contributed by atoms with Gasteiger partial charge in [-0.05, 0) is 24.3 Å². The zero-order valence-corrected chi connectivity index (χ0v) is 16.3. The Kier molecular flexibility index (Phi) is 5.45. The molecule has 0 spiro atoms. The molecule has 2 aromatic heterocycles. The Bertz CT molecular complexity index is 1100. The average molecular weight is 437 g/mol. The van der Waals surface area contributed by atoms with Gasteiger partial charge in [0.15, 0.2) is 11.2 Å². The molecule has 142 valence electrons. The second kappa shape index (κ2) is 7.78. The number of ether oxygens (including phenoxy) is 2. The first-order chi connectivity index (χ1) is 12.9. The van der Waals surface area contributed by atoms with E-state index in [0.717, 1.165) is 9.04 Å². The highest BCUT2D eigenvalue weighted by Crippen LogP contribution is 2.15. The molecular weight excluding hydrogens is 420 g/mol. The number of aryl methyl sites for hydroxylation is 1. The molecule has 0 aliphatic heterocycles.